The van der Waals surface area contributed by atoms with Gasteiger partial charge in [0.15, 0.2) is 0 Å². The Morgan fingerprint density at radius 2 is 1.42 bits per heavy atom. The summed E-state index contributed by atoms with van der Waals surface area (Å²) in [5.74, 6) is 0. The van der Waals surface area contributed by atoms with Crippen LogP contribution in [0.25, 0.3) is 29.3 Å². The van der Waals surface area contributed by atoms with Crippen LogP contribution in [0.2, 0.25) is 4.34 Å². The van der Waals surface area contributed by atoms with Crippen molar-refractivity contribution in [1.29, 1.82) is 0 Å². The zero-order valence-electron chi connectivity index (χ0n) is 14.5. The lowest BCUT2D eigenvalue weighted by atomic mass is 10.2. The molecule has 0 aliphatic rings. The molecule has 0 spiro atoms. The number of halogens is 1. The first kappa shape index (κ1) is 18.4. The Bertz CT molecular complexity index is 1050. The molecule has 0 aliphatic carbocycles. The summed E-state index contributed by atoms with van der Waals surface area (Å²) in [6.07, 6.45) is 0.957. The van der Waals surface area contributed by atoms with Gasteiger partial charge in [0.25, 0.3) is 0 Å². The van der Waals surface area contributed by atoms with Crippen LogP contribution in [0, 0.1) is 13.8 Å². The fourth-order valence-corrected chi connectivity index (χ4v) is 7.83. The average Bonchev–Trinajstić information content (AvgIpc) is 3.34. The molecule has 0 amide bonds. The number of hydrogen-bond acceptors (Lipinski definition) is 5. The van der Waals surface area contributed by atoms with E-state index in [0.29, 0.717) is 6.54 Å². The maximum Gasteiger partial charge on any atom is 0.0937 e. The molecule has 4 aromatic heterocycles. The molecule has 0 radical (unpaired) electrons. The van der Waals surface area contributed by atoms with Gasteiger partial charge >= 0.3 is 0 Å². The Hall–Kier alpha value is -0.950. The molecule has 4 rings (SSSR count). The van der Waals surface area contributed by atoms with E-state index in [1.165, 1.54) is 45.3 Å². The van der Waals surface area contributed by atoms with Gasteiger partial charge in [-0.1, -0.05) is 11.6 Å². The third-order valence-corrected chi connectivity index (χ3v) is 9.54. The molecule has 0 saturated heterocycles. The standard InChI is InChI=1S/C20H18ClNS4/c1-11-9-17(14-4-3-13(23-14)7-8-22)25-19(11)15-5-6-16(24-15)20-12(2)10-18(21)26-20/h3-6,9-10H,7-8,22H2,1-2H3. The smallest absolute Gasteiger partial charge is 0.0937 e. The summed E-state index contributed by atoms with van der Waals surface area (Å²) >= 11 is 13.4. The van der Waals surface area contributed by atoms with Crippen molar-refractivity contribution >= 4 is 56.9 Å². The van der Waals surface area contributed by atoms with E-state index < -0.39 is 0 Å². The predicted molar refractivity (Wildman–Crippen MR) is 122 cm³/mol. The quantitative estimate of drug-likeness (QED) is 0.341. The number of rotatable bonds is 5. The Kier molecular flexibility index (Phi) is 5.37. The Balaban J connectivity index is 1.66. The van der Waals surface area contributed by atoms with Crippen LogP contribution in [0.4, 0.5) is 0 Å². The van der Waals surface area contributed by atoms with E-state index in [2.05, 4.69) is 44.2 Å². The molecular formula is C20H18ClNS4. The van der Waals surface area contributed by atoms with Crippen molar-refractivity contribution in [3.05, 3.63) is 56.7 Å². The second-order valence-electron chi connectivity index (χ2n) is 6.15. The van der Waals surface area contributed by atoms with Gasteiger partial charge in [-0.3, -0.25) is 0 Å². The van der Waals surface area contributed by atoms with Crippen LogP contribution in [0.3, 0.4) is 0 Å². The molecule has 0 bridgehead atoms. The first-order valence-electron chi connectivity index (χ1n) is 8.31. The fraction of sp³-hybridized carbons (Fsp3) is 0.200. The number of aryl methyl sites for hydroxylation is 2. The average molecular weight is 436 g/mol. The normalized spacial score (nSPS) is 11.4. The SMILES string of the molecule is Cc1cc(Cl)sc1-c1ccc(-c2sc(-c3ccc(CCN)s3)cc2C)s1. The van der Waals surface area contributed by atoms with Crippen LogP contribution in [0.5, 0.6) is 0 Å². The lowest BCUT2D eigenvalue weighted by molar-refractivity contribution is 0.989. The molecule has 0 saturated carbocycles. The van der Waals surface area contributed by atoms with Crippen LogP contribution in [-0.4, -0.2) is 6.54 Å². The van der Waals surface area contributed by atoms with Gasteiger partial charge in [0.05, 0.1) is 4.34 Å². The highest BCUT2D eigenvalue weighted by Gasteiger charge is 2.15. The molecule has 6 heteroatoms. The molecular weight excluding hydrogens is 418 g/mol. The Morgan fingerprint density at radius 1 is 0.769 bits per heavy atom. The van der Waals surface area contributed by atoms with Crippen LogP contribution in [0.15, 0.2) is 36.4 Å². The molecule has 1 nitrogen and oxygen atoms in total. The molecule has 26 heavy (non-hydrogen) atoms. The van der Waals surface area contributed by atoms with Crippen molar-refractivity contribution in [2.45, 2.75) is 20.3 Å². The second-order valence-corrected chi connectivity index (χ2v) is 11.1. The van der Waals surface area contributed by atoms with Crippen LogP contribution in [-0.2, 0) is 6.42 Å². The topological polar surface area (TPSA) is 26.0 Å². The van der Waals surface area contributed by atoms with Gasteiger partial charge in [0.2, 0.25) is 0 Å². The summed E-state index contributed by atoms with van der Waals surface area (Å²) in [6.45, 7) is 5.04. The molecule has 0 aromatic carbocycles. The van der Waals surface area contributed by atoms with E-state index in [9.17, 15) is 0 Å². The minimum Gasteiger partial charge on any atom is -0.330 e. The number of thiophene rings is 4. The molecule has 134 valence electrons. The zero-order valence-corrected chi connectivity index (χ0v) is 18.5. The lowest BCUT2D eigenvalue weighted by Gasteiger charge is -1.95. The van der Waals surface area contributed by atoms with Crippen molar-refractivity contribution in [1.82, 2.24) is 0 Å². The molecule has 0 aliphatic heterocycles. The summed E-state index contributed by atoms with van der Waals surface area (Å²) in [7, 11) is 0. The van der Waals surface area contributed by atoms with Gasteiger partial charge in [-0.2, -0.15) is 0 Å². The summed E-state index contributed by atoms with van der Waals surface area (Å²) in [5, 5.41) is 0. The van der Waals surface area contributed by atoms with Gasteiger partial charge in [-0.15, -0.1) is 45.3 Å². The Morgan fingerprint density at radius 3 is 2.08 bits per heavy atom. The summed E-state index contributed by atoms with van der Waals surface area (Å²) in [6, 6.07) is 13.2. The molecule has 0 atom stereocenters. The minimum atomic E-state index is 0.707. The van der Waals surface area contributed by atoms with Gasteiger partial charge in [0, 0.05) is 34.1 Å². The van der Waals surface area contributed by atoms with E-state index in [4.69, 9.17) is 17.3 Å². The number of nitrogens with two attached hydrogens (primary N) is 1. The summed E-state index contributed by atoms with van der Waals surface area (Å²) in [5.41, 5.74) is 8.27. The predicted octanol–water partition coefficient (Wildman–Crippen LogP) is 7.71. The van der Waals surface area contributed by atoms with Crippen molar-refractivity contribution in [3.63, 3.8) is 0 Å². The van der Waals surface area contributed by atoms with Crippen molar-refractivity contribution in [2.24, 2.45) is 5.73 Å². The van der Waals surface area contributed by atoms with E-state index in [1.807, 2.05) is 40.1 Å². The highest BCUT2D eigenvalue weighted by atomic mass is 35.5. The van der Waals surface area contributed by atoms with Crippen LogP contribution in [0.1, 0.15) is 16.0 Å². The maximum atomic E-state index is 6.18. The molecule has 0 unspecified atom stereocenters. The largest absolute Gasteiger partial charge is 0.330 e. The highest BCUT2D eigenvalue weighted by molar-refractivity contribution is 7.29. The second kappa shape index (κ2) is 7.58. The lowest BCUT2D eigenvalue weighted by Crippen LogP contribution is -2.00. The first-order valence-corrected chi connectivity index (χ1v) is 12.0. The van der Waals surface area contributed by atoms with Crippen LogP contribution >= 0.6 is 56.9 Å². The van der Waals surface area contributed by atoms with Gasteiger partial charge < -0.3 is 5.73 Å². The van der Waals surface area contributed by atoms with Crippen molar-refractivity contribution < 1.29 is 0 Å². The first-order chi connectivity index (χ1) is 12.5. The maximum absolute atomic E-state index is 6.18. The third kappa shape index (κ3) is 3.57. The zero-order chi connectivity index (χ0) is 18.3. The monoisotopic (exact) mass is 435 g/mol. The van der Waals surface area contributed by atoms with E-state index in [-0.39, 0.29) is 0 Å². The van der Waals surface area contributed by atoms with E-state index >= 15 is 0 Å². The third-order valence-electron chi connectivity index (χ3n) is 4.15. The minimum absolute atomic E-state index is 0.707. The summed E-state index contributed by atoms with van der Waals surface area (Å²) < 4.78 is 0.855. The van der Waals surface area contributed by atoms with Gasteiger partial charge in [-0.05, 0) is 74.3 Å². The van der Waals surface area contributed by atoms with Crippen molar-refractivity contribution in [2.75, 3.05) is 6.54 Å². The summed E-state index contributed by atoms with van der Waals surface area (Å²) in [4.78, 5) is 9.32. The van der Waals surface area contributed by atoms with Crippen LogP contribution < -0.4 is 5.73 Å². The van der Waals surface area contributed by atoms with Gasteiger partial charge in [0.1, 0.15) is 0 Å². The highest BCUT2D eigenvalue weighted by Crippen LogP contribution is 2.46. The van der Waals surface area contributed by atoms with E-state index in [1.54, 1.807) is 11.3 Å². The molecule has 4 heterocycles. The molecule has 4 aromatic rings. The fourth-order valence-electron chi connectivity index (χ4n) is 2.90. The molecule has 2 N–H and O–H groups in total. The van der Waals surface area contributed by atoms with Crippen molar-refractivity contribution in [3.8, 4) is 29.3 Å². The number of hydrogen-bond donors (Lipinski definition) is 1. The van der Waals surface area contributed by atoms with Gasteiger partial charge in [-0.25, -0.2) is 0 Å². The Labute approximate surface area is 174 Å². The van der Waals surface area contributed by atoms with E-state index in [0.717, 1.165) is 10.8 Å². The molecule has 0 fully saturated rings.